The number of hydrogen-bond donors (Lipinski definition) is 1. The lowest BCUT2D eigenvalue weighted by molar-refractivity contribution is -0.0422. The Kier molecular flexibility index (Phi) is 5.26. The first kappa shape index (κ1) is 15.6. The lowest BCUT2D eigenvalue weighted by Gasteiger charge is -2.38. The quantitative estimate of drug-likeness (QED) is 0.764. The van der Waals surface area contributed by atoms with Crippen LogP contribution in [0.1, 0.15) is 82.8 Å². The Morgan fingerprint density at radius 3 is 2.20 bits per heavy atom. The molecule has 2 unspecified atom stereocenters. The zero-order valence-corrected chi connectivity index (χ0v) is 13.4. The molecule has 1 aromatic carbocycles. The van der Waals surface area contributed by atoms with Gasteiger partial charge in [-0.1, -0.05) is 64.3 Å². The maximum Gasteiger partial charge on any atom is 0.0921 e. The van der Waals surface area contributed by atoms with E-state index in [4.69, 9.17) is 0 Å². The monoisotopic (exact) mass is 274 g/mol. The van der Waals surface area contributed by atoms with Crippen LogP contribution in [0.25, 0.3) is 0 Å². The first-order valence-corrected chi connectivity index (χ1v) is 8.44. The van der Waals surface area contributed by atoms with E-state index in [9.17, 15) is 5.11 Å². The summed E-state index contributed by atoms with van der Waals surface area (Å²) in [6.45, 7) is 6.61. The van der Waals surface area contributed by atoms with Crippen molar-refractivity contribution < 1.29 is 5.11 Å². The third-order valence-electron chi connectivity index (χ3n) is 5.41. The van der Waals surface area contributed by atoms with E-state index < -0.39 is 5.60 Å². The molecular formula is C19H30O. The molecule has 1 nitrogen and oxygen atoms in total. The van der Waals surface area contributed by atoms with Gasteiger partial charge in [0, 0.05) is 0 Å². The number of benzene rings is 1. The van der Waals surface area contributed by atoms with Crippen molar-refractivity contribution in [2.75, 3.05) is 0 Å². The Labute approximate surface area is 124 Å². The van der Waals surface area contributed by atoms with Crippen LogP contribution in [0.2, 0.25) is 0 Å². The van der Waals surface area contributed by atoms with Gasteiger partial charge in [-0.15, -0.1) is 0 Å². The molecule has 0 bridgehead atoms. The van der Waals surface area contributed by atoms with Crippen molar-refractivity contribution in [3.8, 4) is 0 Å². The van der Waals surface area contributed by atoms with Gasteiger partial charge in [0.1, 0.15) is 0 Å². The molecular weight excluding hydrogens is 244 g/mol. The molecule has 1 N–H and O–H groups in total. The second-order valence-electron chi connectivity index (χ2n) is 6.54. The zero-order valence-electron chi connectivity index (χ0n) is 13.4. The van der Waals surface area contributed by atoms with Crippen LogP contribution in [-0.4, -0.2) is 5.11 Å². The summed E-state index contributed by atoms with van der Waals surface area (Å²) in [5, 5.41) is 11.2. The fourth-order valence-corrected chi connectivity index (χ4v) is 3.64. The van der Waals surface area contributed by atoms with Crippen molar-refractivity contribution in [3.63, 3.8) is 0 Å². The number of hydrogen-bond acceptors (Lipinski definition) is 1. The summed E-state index contributed by atoms with van der Waals surface area (Å²) in [5.41, 5.74) is 1.89. The molecule has 0 aliphatic heterocycles. The van der Waals surface area contributed by atoms with Crippen LogP contribution in [0, 0.1) is 5.92 Å². The molecule has 0 amide bonds. The van der Waals surface area contributed by atoms with Gasteiger partial charge in [0.15, 0.2) is 0 Å². The molecule has 2 rings (SSSR count). The van der Waals surface area contributed by atoms with Gasteiger partial charge in [-0.05, 0) is 48.6 Å². The second kappa shape index (κ2) is 6.76. The lowest BCUT2D eigenvalue weighted by atomic mass is 9.72. The maximum absolute atomic E-state index is 11.2. The average Bonchev–Trinajstić information content (AvgIpc) is 2.54. The van der Waals surface area contributed by atoms with Crippen molar-refractivity contribution >= 4 is 0 Å². The molecule has 0 saturated heterocycles. The first-order chi connectivity index (χ1) is 9.61. The van der Waals surface area contributed by atoms with Crippen LogP contribution in [-0.2, 0) is 5.60 Å². The second-order valence-corrected chi connectivity index (χ2v) is 6.54. The fourth-order valence-electron chi connectivity index (χ4n) is 3.64. The van der Waals surface area contributed by atoms with Gasteiger partial charge in [0.25, 0.3) is 0 Å². The van der Waals surface area contributed by atoms with Crippen molar-refractivity contribution in [1.29, 1.82) is 0 Å². The SMILES string of the molecule is CCC(C)c1ccc(C(O)(CC)C2CCCCC2)cc1. The highest BCUT2D eigenvalue weighted by Gasteiger charge is 2.37. The highest BCUT2D eigenvalue weighted by Crippen LogP contribution is 2.41. The van der Waals surface area contributed by atoms with E-state index in [0.717, 1.165) is 12.0 Å². The molecule has 0 spiro atoms. The molecule has 1 saturated carbocycles. The molecule has 20 heavy (non-hydrogen) atoms. The average molecular weight is 274 g/mol. The summed E-state index contributed by atoms with van der Waals surface area (Å²) < 4.78 is 0. The predicted octanol–water partition coefficient (Wildman–Crippen LogP) is 5.38. The van der Waals surface area contributed by atoms with E-state index in [1.807, 2.05) is 0 Å². The highest BCUT2D eigenvalue weighted by molar-refractivity contribution is 5.29. The van der Waals surface area contributed by atoms with Crippen LogP contribution in [0.3, 0.4) is 0 Å². The zero-order chi connectivity index (χ0) is 14.6. The van der Waals surface area contributed by atoms with Gasteiger partial charge < -0.3 is 5.11 Å². The minimum Gasteiger partial charge on any atom is -0.385 e. The van der Waals surface area contributed by atoms with Crippen molar-refractivity contribution in [2.24, 2.45) is 5.92 Å². The normalized spacial score (nSPS) is 21.4. The highest BCUT2D eigenvalue weighted by atomic mass is 16.3. The molecule has 1 aliphatic rings. The van der Waals surface area contributed by atoms with E-state index >= 15 is 0 Å². The van der Waals surface area contributed by atoms with E-state index in [1.54, 1.807) is 0 Å². The molecule has 0 aromatic heterocycles. The van der Waals surface area contributed by atoms with Gasteiger partial charge in [-0.25, -0.2) is 0 Å². The molecule has 1 aliphatic carbocycles. The standard InChI is InChI=1S/C19H30O/c1-4-15(3)16-11-13-18(14-12-16)19(20,5-2)17-9-7-6-8-10-17/h11-15,17,20H,4-10H2,1-3H3. The molecule has 1 fully saturated rings. The molecule has 1 heteroatoms. The Balaban J connectivity index is 2.21. The number of rotatable bonds is 5. The molecule has 112 valence electrons. The van der Waals surface area contributed by atoms with Crippen LogP contribution in [0.15, 0.2) is 24.3 Å². The molecule has 2 atom stereocenters. The molecule has 1 aromatic rings. The van der Waals surface area contributed by atoms with E-state index in [1.165, 1.54) is 44.1 Å². The summed E-state index contributed by atoms with van der Waals surface area (Å²) in [4.78, 5) is 0. The van der Waals surface area contributed by atoms with Gasteiger partial charge in [-0.2, -0.15) is 0 Å². The number of aliphatic hydroxyl groups is 1. The third-order valence-corrected chi connectivity index (χ3v) is 5.41. The van der Waals surface area contributed by atoms with Crippen molar-refractivity contribution in [2.45, 2.75) is 77.2 Å². The van der Waals surface area contributed by atoms with Gasteiger partial charge in [0.05, 0.1) is 5.60 Å². The Bertz CT molecular complexity index is 402. The molecule has 0 heterocycles. The lowest BCUT2D eigenvalue weighted by Crippen LogP contribution is -2.35. The summed E-state index contributed by atoms with van der Waals surface area (Å²) >= 11 is 0. The Morgan fingerprint density at radius 1 is 1.10 bits per heavy atom. The minimum absolute atomic E-state index is 0.440. The summed E-state index contributed by atoms with van der Waals surface area (Å²) in [5.74, 6) is 1.05. The summed E-state index contributed by atoms with van der Waals surface area (Å²) in [6.07, 6.45) is 8.23. The van der Waals surface area contributed by atoms with E-state index in [2.05, 4.69) is 45.0 Å². The van der Waals surface area contributed by atoms with E-state index in [-0.39, 0.29) is 0 Å². The van der Waals surface area contributed by atoms with Crippen LogP contribution < -0.4 is 0 Å². The van der Waals surface area contributed by atoms with Crippen molar-refractivity contribution in [1.82, 2.24) is 0 Å². The third kappa shape index (κ3) is 3.09. The maximum atomic E-state index is 11.2. The summed E-state index contributed by atoms with van der Waals surface area (Å²) in [7, 11) is 0. The Morgan fingerprint density at radius 2 is 1.70 bits per heavy atom. The predicted molar refractivity (Wildman–Crippen MR) is 85.9 cm³/mol. The van der Waals surface area contributed by atoms with E-state index in [0.29, 0.717) is 11.8 Å². The largest absolute Gasteiger partial charge is 0.385 e. The van der Waals surface area contributed by atoms with Crippen LogP contribution in [0.5, 0.6) is 0 Å². The smallest absolute Gasteiger partial charge is 0.0921 e. The minimum atomic E-state index is -0.617. The molecule has 0 radical (unpaired) electrons. The van der Waals surface area contributed by atoms with Gasteiger partial charge >= 0.3 is 0 Å². The van der Waals surface area contributed by atoms with Gasteiger partial charge in [0.2, 0.25) is 0 Å². The fraction of sp³-hybridized carbons (Fsp3) is 0.684. The first-order valence-electron chi connectivity index (χ1n) is 8.44. The van der Waals surface area contributed by atoms with Crippen LogP contribution in [0.4, 0.5) is 0 Å². The summed E-state index contributed by atoms with van der Waals surface area (Å²) in [6, 6.07) is 8.76. The Hall–Kier alpha value is -0.820. The van der Waals surface area contributed by atoms with Crippen LogP contribution >= 0.6 is 0 Å². The topological polar surface area (TPSA) is 20.2 Å². The van der Waals surface area contributed by atoms with Gasteiger partial charge in [-0.3, -0.25) is 0 Å². The van der Waals surface area contributed by atoms with Crippen molar-refractivity contribution in [3.05, 3.63) is 35.4 Å².